The predicted molar refractivity (Wildman–Crippen MR) is 60.9 cm³/mol. The average Bonchev–Trinajstić information content (AvgIpc) is 2.74. The van der Waals surface area contributed by atoms with Crippen molar-refractivity contribution in [2.24, 2.45) is 5.92 Å². The number of piperidine rings is 1. The van der Waals surface area contributed by atoms with Crippen LogP contribution in [0.5, 0.6) is 0 Å². The minimum absolute atomic E-state index is 0.802. The number of hydrogen-bond acceptors (Lipinski definition) is 2. The second-order valence-electron chi connectivity index (χ2n) is 4.77. The van der Waals surface area contributed by atoms with Crippen molar-refractivity contribution in [3.8, 4) is 0 Å². The molecular formula is C13H18N2. The van der Waals surface area contributed by atoms with E-state index in [1.54, 1.807) is 5.56 Å². The standard InChI is InChI=1S/C13H18N2/c1-2-12-11(3-4-13(12)15-7-1)10-5-8-14-9-6-10/h1-2,7,10-11,14H,3-6,8-9H2. The summed E-state index contributed by atoms with van der Waals surface area (Å²) >= 11 is 0. The fourth-order valence-corrected chi connectivity index (χ4v) is 3.18. The lowest BCUT2D eigenvalue weighted by molar-refractivity contribution is 0.317. The first kappa shape index (κ1) is 9.34. The molecule has 3 rings (SSSR count). The van der Waals surface area contributed by atoms with Gasteiger partial charge < -0.3 is 5.32 Å². The van der Waals surface area contributed by atoms with Crippen LogP contribution in [-0.4, -0.2) is 18.1 Å². The molecule has 0 amide bonds. The average molecular weight is 202 g/mol. The molecule has 0 bridgehead atoms. The van der Waals surface area contributed by atoms with E-state index in [-0.39, 0.29) is 0 Å². The van der Waals surface area contributed by atoms with Gasteiger partial charge in [0, 0.05) is 11.9 Å². The van der Waals surface area contributed by atoms with E-state index >= 15 is 0 Å². The molecule has 2 heteroatoms. The number of aromatic nitrogens is 1. The molecule has 2 heterocycles. The molecule has 1 aliphatic heterocycles. The molecule has 1 aliphatic carbocycles. The second-order valence-corrected chi connectivity index (χ2v) is 4.77. The van der Waals surface area contributed by atoms with Crippen molar-refractivity contribution in [2.75, 3.05) is 13.1 Å². The number of rotatable bonds is 1. The Bertz CT molecular complexity index is 342. The van der Waals surface area contributed by atoms with Crippen molar-refractivity contribution in [1.82, 2.24) is 10.3 Å². The Kier molecular flexibility index (Phi) is 2.45. The Morgan fingerprint density at radius 1 is 1.20 bits per heavy atom. The maximum Gasteiger partial charge on any atom is 0.0438 e. The van der Waals surface area contributed by atoms with Gasteiger partial charge in [0.25, 0.3) is 0 Å². The van der Waals surface area contributed by atoms with E-state index in [1.165, 1.54) is 44.5 Å². The maximum absolute atomic E-state index is 4.49. The third-order valence-electron chi connectivity index (χ3n) is 3.97. The van der Waals surface area contributed by atoms with E-state index in [9.17, 15) is 0 Å². The Balaban J connectivity index is 1.83. The SMILES string of the molecule is c1cnc2c(c1)C(C1CCNCC1)CC2. The lowest BCUT2D eigenvalue weighted by atomic mass is 9.82. The normalized spacial score (nSPS) is 26.5. The van der Waals surface area contributed by atoms with Crippen molar-refractivity contribution < 1.29 is 0 Å². The van der Waals surface area contributed by atoms with Crippen LogP contribution < -0.4 is 5.32 Å². The van der Waals surface area contributed by atoms with Crippen LogP contribution in [0.4, 0.5) is 0 Å². The van der Waals surface area contributed by atoms with E-state index in [1.807, 2.05) is 6.20 Å². The van der Waals surface area contributed by atoms with Gasteiger partial charge in [-0.3, -0.25) is 4.98 Å². The first-order chi connectivity index (χ1) is 7.45. The fourth-order valence-electron chi connectivity index (χ4n) is 3.18. The second kappa shape index (κ2) is 3.93. The Morgan fingerprint density at radius 3 is 2.93 bits per heavy atom. The largest absolute Gasteiger partial charge is 0.317 e. The van der Waals surface area contributed by atoms with Crippen molar-refractivity contribution in [2.45, 2.75) is 31.6 Å². The van der Waals surface area contributed by atoms with Crippen LogP contribution in [0.25, 0.3) is 0 Å². The zero-order valence-corrected chi connectivity index (χ0v) is 9.08. The zero-order valence-electron chi connectivity index (χ0n) is 9.08. The van der Waals surface area contributed by atoms with E-state index < -0.39 is 0 Å². The van der Waals surface area contributed by atoms with Crippen molar-refractivity contribution >= 4 is 0 Å². The van der Waals surface area contributed by atoms with Crippen LogP contribution in [-0.2, 0) is 6.42 Å². The quantitative estimate of drug-likeness (QED) is 0.754. The topological polar surface area (TPSA) is 24.9 Å². The van der Waals surface area contributed by atoms with Crippen LogP contribution in [0.2, 0.25) is 0 Å². The molecule has 15 heavy (non-hydrogen) atoms. The van der Waals surface area contributed by atoms with E-state index in [4.69, 9.17) is 0 Å². The van der Waals surface area contributed by atoms with Crippen LogP contribution in [0.1, 0.15) is 36.4 Å². The molecule has 1 fully saturated rings. The molecule has 1 N–H and O–H groups in total. The number of aryl methyl sites for hydroxylation is 1. The summed E-state index contributed by atoms with van der Waals surface area (Å²) in [6, 6.07) is 4.39. The molecule has 80 valence electrons. The summed E-state index contributed by atoms with van der Waals surface area (Å²) in [6.45, 7) is 2.41. The summed E-state index contributed by atoms with van der Waals surface area (Å²) in [5.41, 5.74) is 2.91. The van der Waals surface area contributed by atoms with Gasteiger partial charge in [-0.15, -0.1) is 0 Å². The lowest BCUT2D eigenvalue weighted by Gasteiger charge is -2.28. The highest BCUT2D eigenvalue weighted by Crippen LogP contribution is 2.40. The highest BCUT2D eigenvalue weighted by Gasteiger charge is 2.30. The monoisotopic (exact) mass is 202 g/mol. The highest BCUT2D eigenvalue weighted by atomic mass is 14.9. The first-order valence-corrected chi connectivity index (χ1v) is 6.09. The first-order valence-electron chi connectivity index (χ1n) is 6.09. The van der Waals surface area contributed by atoms with Crippen LogP contribution in [0.15, 0.2) is 18.3 Å². The summed E-state index contributed by atoms with van der Waals surface area (Å²) < 4.78 is 0. The molecule has 2 nitrogen and oxygen atoms in total. The van der Waals surface area contributed by atoms with Gasteiger partial charge in [0.05, 0.1) is 0 Å². The zero-order chi connectivity index (χ0) is 10.1. The van der Waals surface area contributed by atoms with E-state index in [0.29, 0.717) is 0 Å². The van der Waals surface area contributed by atoms with Gasteiger partial charge >= 0.3 is 0 Å². The number of pyridine rings is 1. The molecule has 0 saturated carbocycles. The Morgan fingerprint density at radius 2 is 2.07 bits per heavy atom. The van der Waals surface area contributed by atoms with Gasteiger partial charge in [-0.2, -0.15) is 0 Å². The number of fused-ring (bicyclic) bond motifs is 1. The Hall–Kier alpha value is -0.890. The van der Waals surface area contributed by atoms with Crippen LogP contribution >= 0.6 is 0 Å². The number of nitrogens with one attached hydrogen (secondary N) is 1. The van der Waals surface area contributed by atoms with Crippen molar-refractivity contribution in [3.63, 3.8) is 0 Å². The molecule has 2 aliphatic rings. The third kappa shape index (κ3) is 1.67. The maximum atomic E-state index is 4.49. The fraction of sp³-hybridized carbons (Fsp3) is 0.615. The van der Waals surface area contributed by atoms with Gasteiger partial charge in [0.1, 0.15) is 0 Å². The summed E-state index contributed by atoms with van der Waals surface area (Å²) in [5, 5.41) is 3.45. The molecular weight excluding hydrogens is 184 g/mol. The minimum atomic E-state index is 0.802. The summed E-state index contributed by atoms with van der Waals surface area (Å²) in [7, 11) is 0. The summed E-state index contributed by atoms with van der Waals surface area (Å²) in [6.07, 6.45) is 7.16. The van der Waals surface area contributed by atoms with Gasteiger partial charge in [-0.25, -0.2) is 0 Å². The Labute approximate surface area is 91.1 Å². The van der Waals surface area contributed by atoms with Gasteiger partial charge in [-0.1, -0.05) is 6.07 Å². The predicted octanol–water partition coefficient (Wildman–Crippen LogP) is 2.11. The van der Waals surface area contributed by atoms with Crippen molar-refractivity contribution in [3.05, 3.63) is 29.6 Å². The van der Waals surface area contributed by atoms with Gasteiger partial charge in [-0.05, 0) is 62.2 Å². The van der Waals surface area contributed by atoms with Crippen LogP contribution in [0.3, 0.4) is 0 Å². The van der Waals surface area contributed by atoms with Gasteiger partial charge in [0.2, 0.25) is 0 Å². The molecule has 0 radical (unpaired) electrons. The lowest BCUT2D eigenvalue weighted by Crippen LogP contribution is -2.30. The van der Waals surface area contributed by atoms with Crippen LogP contribution in [0, 0.1) is 5.92 Å². The minimum Gasteiger partial charge on any atom is -0.317 e. The highest BCUT2D eigenvalue weighted by molar-refractivity contribution is 5.30. The van der Waals surface area contributed by atoms with Crippen molar-refractivity contribution in [1.29, 1.82) is 0 Å². The van der Waals surface area contributed by atoms with Gasteiger partial charge in [0.15, 0.2) is 0 Å². The molecule has 0 aromatic carbocycles. The van der Waals surface area contributed by atoms with E-state index in [0.717, 1.165) is 11.8 Å². The number of nitrogens with zero attached hydrogens (tertiary/aromatic N) is 1. The smallest absolute Gasteiger partial charge is 0.0438 e. The molecule has 1 atom stereocenters. The van der Waals surface area contributed by atoms with E-state index in [2.05, 4.69) is 22.4 Å². The number of hydrogen-bond donors (Lipinski definition) is 1. The molecule has 1 saturated heterocycles. The molecule has 1 unspecified atom stereocenters. The molecule has 1 aromatic rings. The summed E-state index contributed by atoms with van der Waals surface area (Å²) in [5.74, 6) is 1.70. The summed E-state index contributed by atoms with van der Waals surface area (Å²) in [4.78, 5) is 4.49. The molecule has 1 aromatic heterocycles. The molecule has 0 spiro atoms. The third-order valence-corrected chi connectivity index (χ3v) is 3.97.